The van der Waals surface area contributed by atoms with Crippen molar-refractivity contribution in [3.8, 4) is 22.3 Å². The van der Waals surface area contributed by atoms with Crippen molar-refractivity contribution in [3.05, 3.63) is 187 Å². The number of nitrogens with one attached hydrogen (secondary N) is 1. The van der Waals surface area contributed by atoms with Crippen molar-refractivity contribution in [2.45, 2.75) is 33.1 Å². The van der Waals surface area contributed by atoms with Gasteiger partial charge in [0, 0.05) is 54.2 Å². The Balaban J connectivity index is 1.20. The molecule has 1 aliphatic rings. The molecular weight excluding hydrogens is 731 g/mol. The minimum atomic E-state index is 0.0834. The molecule has 0 atom stereocenters. The van der Waals surface area contributed by atoms with Crippen molar-refractivity contribution in [1.82, 2.24) is 0 Å². The molecule has 0 spiro atoms. The highest BCUT2D eigenvalue weighted by atomic mass is 32.1. The minimum Gasteiger partial charge on any atom is -0.355 e. The molecule has 0 fully saturated rings. The van der Waals surface area contributed by atoms with Crippen LogP contribution in [0.3, 0.4) is 0 Å². The van der Waals surface area contributed by atoms with Crippen LogP contribution in [-0.2, 0) is 5.41 Å². The summed E-state index contributed by atoms with van der Waals surface area (Å²) in [5.74, 6) is 0. The number of thiophene rings is 1. The monoisotopic (exact) mass is 774 g/mol. The Morgan fingerprint density at radius 1 is 0.542 bits per heavy atom. The second-order valence-corrected chi connectivity index (χ2v) is 18.2. The molecule has 4 heteroatoms. The maximum atomic E-state index is 3.92. The molecule has 2 heterocycles. The summed E-state index contributed by atoms with van der Waals surface area (Å²) in [5, 5.41) is 11.5. The molecule has 0 bridgehead atoms. The van der Waals surface area contributed by atoms with Gasteiger partial charge in [-0.25, -0.2) is 0 Å². The van der Waals surface area contributed by atoms with E-state index in [1.807, 2.05) is 11.3 Å². The molecule has 1 aliphatic heterocycles. The van der Waals surface area contributed by atoms with Gasteiger partial charge in [0.2, 0.25) is 0 Å². The van der Waals surface area contributed by atoms with Crippen molar-refractivity contribution in [2.24, 2.45) is 0 Å². The van der Waals surface area contributed by atoms with Crippen LogP contribution < -0.4 is 21.1 Å². The molecule has 0 radical (unpaired) electrons. The number of aryl methyl sites for hydroxylation is 1. The van der Waals surface area contributed by atoms with Crippen LogP contribution in [0, 0.1) is 6.92 Å². The first-order valence-electron chi connectivity index (χ1n) is 20.6. The maximum Gasteiger partial charge on any atom is 0.198 e. The zero-order chi connectivity index (χ0) is 39.8. The molecule has 59 heavy (non-hydrogen) atoms. The van der Waals surface area contributed by atoms with E-state index in [1.54, 1.807) is 0 Å². The smallest absolute Gasteiger partial charge is 0.198 e. The molecular formula is C55H43BN2S. The minimum absolute atomic E-state index is 0.0834. The van der Waals surface area contributed by atoms with Gasteiger partial charge in [-0.3, -0.25) is 0 Å². The third-order valence-corrected chi connectivity index (χ3v) is 13.4. The number of fused-ring (bicyclic) bond motifs is 8. The van der Waals surface area contributed by atoms with E-state index in [0.717, 1.165) is 18.7 Å². The Morgan fingerprint density at radius 2 is 1.25 bits per heavy atom. The maximum absolute atomic E-state index is 3.92. The molecule has 0 aliphatic carbocycles. The molecule has 9 aromatic carbocycles. The average Bonchev–Trinajstić information content (AvgIpc) is 3.62. The molecule has 11 rings (SSSR count). The summed E-state index contributed by atoms with van der Waals surface area (Å²) in [4.78, 5) is 2.59. The number of hydrogen-bond acceptors (Lipinski definition) is 3. The zero-order valence-electron chi connectivity index (χ0n) is 33.8. The second kappa shape index (κ2) is 13.8. The highest BCUT2D eigenvalue weighted by molar-refractivity contribution is 7.25. The van der Waals surface area contributed by atoms with Crippen LogP contribution in [0.15, 0.2) is 176 Å². The van der Waals surface area contributed by atoms with Crippen LogP contribution >= 0.6 is 11.3 Å². The summed E-state index contributed by atoms with van der Waals surface area (Å²) in [6.07, 6.45) is 0. The molecule has 0 unspecified atom stereocenters. The Bertz CT molecular complexity index is 3270. The highest BCUT2D eigenvalue weighted by Crippen LogP contribution is 2.47. The molecule has 10 aromatic rings. The lowest BCUT2D eigenvalue weighted by Gasteiger charge is -2.37. The SMILES string of the molecule is Cc1cc(-c2ccccc2)ccc1N1c2cc3sc4ccccc4c3cc2Bc2c(-c3c(Nc4ccc(C(C)(C)C)cc4)ccc4ccccc34)cc3ccccc3c21. The Kier molecular flexibility index (Phi) is 8.29. The van der Waals surface area contributed by atoms with Crippen molar-refractivity contribution >= 4 is 99.7 Å². The molecule has 2 nitrogen and oxygen atoms in total. The molecule has 0 amide bonds. The van der Waals surface area contributed by atoms with Crippen LogP contribution in [0.2, 0.25) is 0 Å². The fraction of sp³-hybridized carbons (Fsp3) is 0.0909. The van der Waals surface area contributed by atoms with Crippen molar-refractivity contribution in [2.75, 3.05) is 10.2 Å². The van der Waals surface area contributed by atoms with Crippen LogP contribution in [0.25, 0.3) is 64.0 Å². The van der Waals surface area contributed by atoms with Gasteiger partial charge < -0.3 is 10.2 Å². The fourth-order valence-corrected chi connectivity index (χ4v) is 10.5. The van der Waals surface area contributed by atoms with Gasteiger partial charge in [0.05, 0.1) is 0 Å². The van der Waals surface area contributed by atoms with E-state index in [4.69, 9.17) is 0 Å². The molecule has 1 aromatic heterocycles. The summed E-state index contributed by atoms with van der Waals surface area (Å²) in [7, 11) is 0.811. The zero-order valence-corrected chi connectivity index (χ0v) is 34.6. The summed E-state index contributed by atoms with van der Waals surface area (Å²) in [6.45, 7) is 9.09. The lowest BCUT2D eigenvalue weighted by atomic mass is 9.57. The summed E-state index contributed by atoms with van der Waals surface area (Å²) in [6, 6.07) is 65.4. The van der Waals surface area contributed by atoms with Gasteiger partial charge in [-0.15, -0.1) is 11.3 Å². The van der Waals surface area contributed by atoms with Crippen molar-refractivity contribution in [3.63, 3.8) is 0 Å². The van der Waals surface area contributed by atoms with Gasteiger partial charge >= 0.3 is 0 Å². The van der Waals surface area contributed by atoms with Crippen LogP contribution in [0.4, 0.5) is 28.4 Å². The number of anilines is 5. The summed E-state index contributed by atoms with van der Waals surface area (Å²) < 4.78 is 2.64. The normalized spacial score (nSPS) is 12.5. The van der Waals surface area contributed by atoms with Gasteiger partial charge in [0.1, 0.15) is 0 Å². The third kappa shape index (κ3) is 6.01. The van der Waals surface area contributed by atoms with E-state index < -0.39 is 0 Å². The number of nitrogens with zero attached hydrogens (tertiary/aromatic N) is 1. The lowest BCUT2D eigenvalue weighted by Crippen LogP contribution is -2.41. The van der Waals surface area contributed by atoms with Gasteiger partial charge in [0.15, 0.2) is 7.28 Å². The first kappa shape index (κ1) is 35.5. The number of benzene rings is 9. The third-order valence-electron chi connectivity index (χ3n) is 12.3. The van der Waals surface area contributed by atoms with Crippen molar-refractivity contribution < 1.29 is 0 Å². The van der Waals surface area contributed by atoms with Gasteiger partial charge in [0.25, 0.3) is 0 Å². The Labute approximate surface area is 350 Å². The standard InChI is InChI=1S/C55H43BN2S/c1-34-30-37(35-14-6-5-7-15-35)23-29-48(34)58-49-33-51-44(43-20-12-13-21-50(43)59-51)32-46(49)56-53-45(31-38-17-9-11-19-42(38)54(53)58)52-41-18-10-8-16-36(41)22-28-47(52)57-40-26-24-39(25-27-40)55(2,3)4/h5-33,56-57H,1-4H3. The molecule has 1 N–H and O–H groups in total. The van der Waals surface area contributed by atoms with Gasteiger partial charge in [-0.2, -0.15) is 0 Å². The van der Waals surface area contributed by atoms with Crippen LogP contribution in [0.5, 0.6) is 0 Å². The van der Waals surface area contributed by atoms with E-state index in [2.05, 4.69) is 214 Å². The van der Waals surface area contributed by atoms with Crippen LogP contribution in [-0.4, -0.2) is 7.28 Å². The summed E-state index contributed by atoms with van der Waals surface area (Å²) in [5.41, 5.74) is 16.2. The topological polar surface area (TPSA) is 15.3 Å². The number of rotatable bonds is 5. The lowest BCUT2D eigenvalue weighted by molar-refractivity contribution is 0.590. The van der Waals surface area contributed by atoms with E-state index >= 15 is 0 Å². The van der Waals surface area contributed by atoms with E-state index in [9.17, 15) is 0 Å². The first-order chi connectivity index (χ1) is 28.8. The van der Waals surface area contributed by atoms with Gasteiger partial charge in [-0.1, -0.05) is 154 Å². The highest BCUT2D eigenvalue weighted by Gasteiger charge is 2.32. The average molecular weight is 775 g/mol. The number of hydrogen-bond donors (Lipinski definition) is 1. The summed E-state index contributed by atoms with van der Waals surface area (Å²) >= 11 is 1.89. The Hall–Kier alpha value is -6.62. The fourth-order valence-electron chi connectivity index (χ4n) is 9.34. The molecule has 282 valence electrons. The predicted molar refractivity (Wildman–Crippen MR) is 259 cm³/mol. The van der Waals surface area contributed by atoms with E-state index in [0.29, 0.717) is 0 Å². The quantitative estimate of drug-likeness (QED) is 0.175. The van der Waals surface area contributed by atoms with Crippen LogP contribution in [0.1, 0.15) is 31.9 Å². The predicted octanol–water partition coefficient (Wildman–Crippen LogP) is 14.2. The Morgan fingerprint density at radius 3 is 2.03 bits per heavy atom. The van der Waals surface area contributed by atoms with Gasteiger partial charge in [-0.05, 0) is 116 Å². The molecule has 0 saturated carbocycles. The van der Waals surface area contributed by atoms with E-state index in [1.165, 1.54) is 103 Å². The first-order valence-corrected chi connectivity index (χ1v) is 21.4. The largest absolute Gasteiger partial charge is 0.355 e. The van der Waals surface area contributed by atoms with E-state index in [-0.39, 0.29) is 5.41 Å². The second-order valence-electron chi connectivity index (χ2n) is 17.1. The molecule has 0 saturated heterocycles. The van der Waals surface area contributed by atoms with Crippen molar-refractivity contribution in [1.29, 1.82) is 0 Å².